The minimum atomic E-state index is -0.774. The van der Waals surface area contributed by atoms with Gasteiger partial charge in [-0.25, -0.2) is 4.98 Å². The van der Waals surface area contributed by atoms with Crippen molar-refractivity contribution >= 4 is 46.7 Å². The zero-order valence-electron chi connectivity index (χ0n) is 20.5. The van der Waals surface area contributed by atoms with Crippen molar-refractivity contribution in [3.8, 4) is 0 Å². The van der Waals surface area contributed by atoms with E-state index in [-0.39, 0.29) is 24.3 Å². The van der Waals surface area contributed by atoms with E-state index in [0.717, 1.165) is 23.1 Å². The van der Waals surface area contributed by atoms with Crippen LogP contribution in [0, 0.1) is 0 Å². The molecule has 0 bridgehead atoms. The first-order valence-corrected chi connectivity index (χ1v) is 13.1. The van der Waals surface area contributed by atoms with Gasteiger partial charge in [-0.1, -0.05) is 35.9 Å². The highest BCUT2D eigenvalue weighted by Crippen LogP contribution is 2.47. The molecule has 2 aromatic carbocycles. The summed E-state index contributed by atoms with van der Waals surface area (Å²) in [6.45, 7) is -0.160. The molecule has 3 heterocycles. The lowest BCUT2D eigenvalue weighted by molar-refractivity contribution is -0.136. The number of aliphatic imine (C=N–C) groups is 1. The van der Waals surface area contributed by atoms with Crippen LogP contribution in [-0.2, 0) is 32.6 Å². The smallest absolute Gasteiger partial charge is 0.256 e. The number of hydrogen-bond acceptors (Lipinski definition) is 5. The van der Waals surface area contributed by atoms with E-state index >= 15 is 0 Å². The Balaban J connectivity index is 1.11. The van der Waals surface area contributed by atoms with E-state index in [1.165, 1.54) is 4.90 Å². The maximum atomic E-state index is 13.4. The van der Waals surface area contributed by atoms with Crippen molar-refractivity contribution in [1.82, 2.24) is 9.88 Å². The van der Waals surface area contributed by atoms with Crippen LogP contribution in [-0.4, -0.2) is 45.5 Å². The molecule has 1 fully saturated rings. The number of nitrogens with zero attached hydrogens (tertiary/aromatic N) is 3. The Morgan fingerprint density at radius 3 is 2.66 bits per heavy atom. The van der Waals surface area contributed by atoms with Crippen LogP contribution in [0.2, 0.25) is 5.02 Å². The lowest BCUT2D eigenvalue weighted by Crippen LogP contribution is -2.49. The minimum Gasteiger partial charge on any atom is -0.325 e. The van der Waals surface area contributed by atoms with Crippen LogP contribution in [0.5, 0.6) is 0 Å². The van der Waals surface area contributed by atoms with Gasteiger partial charge in [0.2, 0.25) is 11.8 Å². The second-order valence-corrected chi connectivity index (χ2v) is 10.9. The second-order valence-electron chi connectivity index (χ2n) is 10.5. The Kier molecular flexibility index (Phi) is 5.00. The summed E-state index contributed by atoms with van der Waals surface area (Å²) in [5.74, 6) is 0.552. The van der Waals surface area contributed by atoms with Crippen molar-refractivity contribution in [3.05, 3.63) is 88.1 Å². The van der Waals surface area contributed by atoms with Crippen LogP contribution in [0.25, 0.3) is 0 Å². The maximum Gasteiger partial charge on any atom is 0.256 e. The summed E-state index contributed by atoms with van der Waals surface area (Å²) in [6.07, 6.45) is 5.08. The van der Waals surface area contributed by atoms with E-state index in [1.807, 2.05) is 48.5 Å². The topological polar surface area (TPSA) is 104 Å². The number of halogens is 1. The summed E-state index contributed by atoms with van der Waals surface area (Å²) >= 11 is 6.43. The first-order chi connectivity index (χ1) is 18.4. The fraction of sp³-hybridized carbons (Fsp3) is 0.276. The van der Waals surface area contributed by atoms with Gasteiger partial charge in [0, 0.05) is 23.0 Å². The zero-order chi connectivity index (χ0) is 26.1. The number of aromatic nitrogens is 1. The van der Waals surface area contributed by atoms with E-state index in [4.69, 9.17) is 16.6 Å². The Labute approximate surface area is 224 Å². The number of fused-ring (bicyclic) bond motifs is 3. The SMILES string of the molecule is O=C(CN1C(=O)C2(CCC2)N=C1c1ccccc1Cl)Nc1ccc2c(c1)CC1(C2)C(=O)Nc2ncccc21. The molecule has 2 N–H and O–H groups in total. The van der Waals surface area contributed by atoms with Crippen molar-refractivity contribution in [1.29, 1.82) is 0 Å². The first kappa shape index (κ1) is 23.1. The van der Waals surface area contributed by atoms with E-state index in [9.17, 15) is 14.4 Å². The summed E-state index contributed by atoms with van der Waals surface area (Å²) in [7, 11) is 0. The van der Waals surface area contributed by atoms with Gasteiger partial charge in [-0.05, 0) is 73.6 Å². The molecule has 2 spiro atoms. The van der Waals surface area contributed by atoms with Crippen molar-refractivity contribution < 1.29 is 14.4 Å². The Bertz CT molecular complexity index is 1580. The highest BCUT2D eigenvalue weighted by Gasteiger charge is 2.53. The van der Waals surface area contributed by atoms with Gasteiger partial charge in [0.25, 0.3) is 5.91 Å². The number of amidine groups is 1. The average Bonchev–Trinajstić information content (AvgIpc) is 3.50. The number of rotatable bonds is 4. The molecule has 2 aliphatic carbocycles. The number of pyridine rings is 1. The standard InChI is InChI=1S/C29H24ClN5O3/c30-22-7-2-1-5-20(22)25-34-29(10-4-11-29)27(38)35(25)16-23(36)32-19-9-8-17-14-28(15-18(17)13-19)21-6-3-12-31-24(21)33-26(28)37/h1-3,5-9,12-13H,4,10-11,14-16H2,(H,32,36)(H,31,33,37). The van der Waals surface area contributed by atoms with Crippen molar-refractivity contribution in [3.63, 3.8) is 0 Å². The predicted molar refractivity (Wildman–Crippen MR) is 143 cm³/mol. The fourth-order valence-corrected chi connectivity index (χ4v) is 6.40. The van der Waals surface area contributed by atoms with Gasteiger partial charge < -0.3 is 10.6 Å². The summed E-state index contributed by atoms with van der Waals surface area (Å²) in [4.78, 5) is 50.1. The van der Waals surface area contributed by atoms with Crippen LogP contribution in [0.15, 0.2) is 65.8 Å². The molecule has 1 saturated carbocycles. The molecule has 38 heavy (non-hydrogen) atoms. The summed E-state index contributed by atoms with van der Waals surface area (Å²) < 4.78 is 0. The highest BCUT2D eigenvalue weighted by atomic mass is 35.5. The van der Waals surface area contributed by atoms with Gasteiger partial charge in [-0.2, -0.15) is 0 Å². The molecule has 1 atom stereocenters. The largest absolute Gasteiger partial charge is 0.325 e. The number of carbonyl (C=O) groups excluding carboxylic acids is 3. The molecule has 9 heteroatoms. The molecule has 1 unspecified atom stereocenters. The Morgan fingerprint density at radius 2 is 1.87 bits per heavy atom. The summed E-state index contributed by atoms with van der Waals surface area (Å²) in [6, 6.07) is 16.8. The molecule has 8 nitrogen and oxygen atoms in total. The Morgan fingerprint density at radius 1 is 1.05 bits per heavy atom. The number of carbonyl (C=O) groups is 3. The van der Waals surface area contributed by atoms with Crippen LogP contribution >= 0.6 is 11.6 Å². The molecule has 3 amide bonds. The Hall–Kier alpha value is -4.04. The molecule has 0 saturated heterocycles. The van der Waals surface area contributed by atoms with Gasteiger partial charge in [0.05, 0.1) is 10.4 Å². The molecule has 7 rings (SSSR count). The molecule has 4 aliphatic rings. The number of benzene rings is 2. The third-order valence-electron chi connectivity index (χ3n) is 8.28. The highest BCUT2D eigenvalue weighted by molar-refractivity contribution is 6.35. The quantitative estimate of drug-likeness (QED) is 0.539. The predicted octanol–water partition coefficient (Wildman–Crippen LogP) is 3.87. The zero-order valence-corrected chi connectivity index (χ0v) is 21.2. The lowest BCUT2D eigenvalue weighted by atomic mass is 9.77. The molecule has 2 aliphatic heterocycles. The fourth-order valence-electron chi connectivity index (χ4n) is 6.18. The number of nitrogens with one attached hydrogen (secondary N) is 2. The van der Waals surface area contributed by atoms with Crippen LogP contribution in [0.4, 0.5) is 11.5 Å². The normalized spacial score (nSPS) is 22.2. The van der Waals surface area contributed by atoms with Gasteiger partial charge in [0.15, 0.2) is 0 Å². The molecule has 3 aromatic rings. The summed E-state index contributed by atoms with van der Waals surface area (Å²) in [5.41, 5.74) is 2.82. The summed E-state index contributed by atoms with van der Waals surface area (Å²) in [5, 5.41) is 6.35. The van der Waals surface area contributed by atoms with E-state index < -0.39 is 11.0 Å². The maximum absolute atomic E-state index is 13.4. The van der Waals surface area contributed by atoms with Crippen molar-refractivity contribution in [2.45, 2.75) is 43.1 Å². The van der Waals surface area contributed by atoms with Crippen LogP contribution in [0.3, 0.4) is 0 Å². The van der Waals surface area contributed by atoms with Crippen LogP contribution in [0.1, 0.15) is 41.5 Å². The van der Waals surface area contributed by atoms with Crippen molar-refractivity contribution in [2.75, 3.05) is 17.2 Å². The van der Waals surface area contributed by atoms with Crippen LogP contribution < -0.4 is 10.6 Å². The van der Waals surface area contributed by atoms with Gasteiger partial charge in [-0.3, -0.25) is 24.3 Å². The van der Waals surface area contributed by atoms with Crippen molar-refractivity contribution in [2.24, 2.45) is 4.99 Å². The third-order valence-corrected chi connectivity index (χ3v) is 8.61. The molecule has 190 valence electrons. The molecule has 1 aromatic heterocycles. The molecule has 0 radical (unpaired) electrons. The number of amides is 3. The van der Waals surface area contributed by atoms with Gasteiger partial charge in [0.1, 0.15) is 23.7 Å². The average molecular weight is 526 g/mol. The monoisotopic (exact) mass is 525 g/mol. The van der Waals surface area contributed by atoms with E-state index in [0.29, 0.717) is 53.6 Å². The number of hydrogen-bond donors (Lipinski definition) is 2. The van der Waals surface area contributed by atoms with E-state index in [2.05, 4.69) is 15.6 Å². The number of anilines is 2. The van der Waals surface area contributed by atoms with E-state index in [1.54, 1.807) is 12.3 Å². The molecular formula is C29H24ClN5O3. The minimum absolute atomic E-state index is 0.0446. The van der Waals surface area contributed by atoms with Gasteiger partial charge >= 0.3 is 0 Å². The second kappa shape index (κ2) is 8.23. The third kappa shape index (κ3) is 3.33. The molecular weight excluding hydrogens is 502 g/mol. The lowest BCUT2D eigenvalue weighted by Gasteiger charge is -2.33. The van der Waals surface area contributed by atoms with Gasteiger partial charge in [-0.15, -0.1) is 0 Å². The first-order valence-electron chi connectivity index (χ1n) is 12.7.